The van der Waals surface area contributed by atoms with Gasteiger partial charge in [0.25, 0.3) is 5.91 Å². The molecule has 1 unspecified atom stereocenters. The van der Waals surface area contributed by atoms with Crippen LogP contribution < -0.4 is 0 Å². The smallest absolute Gasteiger partial charge is 0.254 e. The normalized spacial score (nSPS) is 17.2. The summed E-state index contributed by atoms with van der Waals surface area (Å²) in [5, 5.41) is 11.0. The molecule has 1 aromatic heterocycles. The first-order valence-electron chi connectivity index (χ1n) is 8.91. The van der Waals surface area contributed by atoms with Crippen molar-refractivity contribution in [3.05, 3.63) is 36.0 Å². The minimum atomic E-state index is -0.472. The second-order valence-electron chi connectivity index (χ2n) is 6.57. The quantitative estimate of drug-likeness (QED) is 0.858. The SMILES string of the molecule is CCOCC(O)CN1CCN(C(=O)c2cccc3c2ccn3C)CC1. The molecular weight excluding hydrogens is 318 g/mol. The van der Waals surface area contributed by atoms with Crippen LogP contribution in [0.1, 0.15) is 17.3 Å². The lowest BCUT2D eigenvalue weighted by atomic mass is 10.1. The van der Waals surface area contributed by atoms with Gasteiger partial charge in [-0.2, -0.15) is 0 Å². The van der Waals surface area contributed by atoms with Gasteiger partial charge in [0.05, 0.1) is 12.7 Å². The Morgan fingerprint density at radius 3 is 2.72 bits per heavy atom. The van der Waals surface area contributed by atoms with Gasteiger partial charge in [-0.1, -0.05) is 6.07 Å². The lowest BCUT2D eigenvalue weighted by molar-refractivity contribution is 0.0111. The van der Waals surface area contributed by atoms with Crippen LogP contribution in [0.3, 0.4) is 0 Å². The Hall–Kier alpha value is -1.89. The molecule has 3 rings (SSSR count). The fourth-order valence-electron chi connectivity index (χ4n) is 3.40. The van der Waals surface area contributed by atoms with Gasteiger partial charge in [-0.05, 0) is 25.1 Å². The Labute approximate surface area is 148 Å². The fourth-order valence-corrected chi connectivity index (χ4v) is 3.40. The summed E-state index contributed by atoms with van der Waals surface area (Å²) in [4.78, 5) is 17.0. The van der Waals surface area contributed by atoms with Crippen molar-refractivity contribution >= 4 is 16.8 Å². The fraction of sp³-hybridized carbons (Fsp3) is 0.526. The molecule has 2 heterocycles. The largest absolute Gasteiger partial charge is 0.389 e. The van der Waals surface area contributed by atoms with Crippen molar-refractivity contribution < 1.29 is 14.6 Å². The number of ether oxygens (including phenoxy) is 1. The molecule has 1 aliphatic rings. The van der Waals surface area contributed by atoms with E-state index in [1.54, 1.807) is 0 Å². The molecule has 0 saturated carbocycles. The van der Waals surface area contributed by atoms with Gasteiger partial charge in [0, 0.05) is 69.0 Å². The highest BCUT2D eigenvalue weighted by Gasteiger charge is 2.24. The van der Waals surface area contributed by atoms with Gasteiger partial charge in [0.2, 0.25) is 0 Å². The summed E-state index contributed by atoms with van der Waals surface area (Å²) in [5.74, 6) is 0.0892. The number of hydrogen-bond donors (Lipinski definition) is 1. The summed E-state index contributed by atoms with van der Waals surface area (Å²) in [5.41, 5.74) is 1.84. The van der Waals surface area contributed by atoms with Crippen LogP contribution in [-0.2, 0) is 11.8 Å². The molecule has 0 radical (unpaired) electrons. The maximum Gasteiger partial charge on any atom is 0.254 e. The number of aromatic nitrogens is 1. The standard InChI is InChI=1S/C19H27N3O3/c1-3-25-14-15(23)13-21-9-11-22(12-10-21)19(24)17-5-4-6-18-16(17)7-8-20(18)2/h4-8,15,23H,3,9-14H2,1-2H3. The number of carbonyl (C=O) groups is 1. The Balaban J connectivity index is 1.60. The van der Waals surface area contributed by atoms with Gasteiger partial charge in [-0.15, -0.1) is 0 Å². The van der Waals surface area contributed by atoms with Crippen molar-refractivity contribution in [3.63, 3.8) is 0 Å². The van der Waals surface area contributed by atoms with Crippen LogP contribution in [0.4, 0.5) is 0 Å². The summed E-state index contributed by atoms with van der Waals surface area (Å²) >= 11 is 0. The van der Waals surface area contributed by atoms with Crippen molar-refractivity contribution in [3.8, 4) is 0 Å². The van der Waals surface area contributed by atoms with Crippen LogP contribution in [0.15, 0.2) is 30.5 Å². The molecular formula is C19H27N3O3. The highest BCUT2D eigenvalue weighted by Crippen LogP contribution is 2.21. The molecule has 1 saturated heterocycles. The molecule has 1 aliphatic heterocycles. The number of β-amino-alcohol motifs (C(OH)–C–C–N with tert-alkyl or cyclic N) is 1. The average molecular weight is 345 g/mol. The van der Waals surface area contributed by atoms with Crippen LogP contribution >= 0.6 is 0 Å². The third-order valence-electron chi connectivity index (χ3n) is 4.80. The van der Waals surface area contributed by atoms with Crippen molar-refractivity contribution in [2.24, 2.45) is 7.05 Å². The van der Waals surface area contributed by atoms with E-state index in [4.69, 9.17) is 4.74 Å². The molecule has 2 aromatic rings. The zero-order valence-electron chi connectivity index (χ0n) is 15.0. The van der Waals surface area contributed by atoms with E-state index < -0.39 is 6.10 Å². The average Bonchev–Trinajstić information content (AvgIpc) is 3.01. The highest BCUT2D eigenvalue weighted by atomic mass is 16.5. The minimum Gasteiger partial charge on any atom is -0.389 e. The number of carbonyl (C=O) groups excluding carboxylic acids is 1. The van der Waals surface area contributed by atoms with E-state index >= 15 is 0 Å². The van der Waals surface area contributed by atoms with Crippen LogP contribution in [-0.4, -0.2) is 77.4 Å². The molecule has 0 spiro atoms. The lowest BCUT2D eigenvalue weighted by Crippen LogP contribution is -2.50. The van der Waals surface area contributed by atoms with E-state index in [2.05, 4.69) is 4.90 Å². The number of hydrogen-bond acceptors (Lipinski definition) is 4. The topological polar surface area (TPSA) is 57.9 Å². The zero-order chi connectivity index (χ0) is 17.8. The molecule has 1 aromatic carbocycles. The number of rotatable bonds is 6. The van der Waals surface area contributed by atoms with Crippen molar-refractivity contribution in [2.45, 2.75) is 13.0 Å². The maximum absolute atomic E-state index is 12.9. The number of aliphatic hydroxyl groups is 1. The van der Waals surface area contributed by atoms with E-state index in [0.29, 0.717) is 32.8 Å². The third-order valence-corrected chi connectivity index (χ3v) is 4.80. The number of piperazine rings is 1. The molecule has 25 heavy (non-hydrogen) atoms. The summed E-state index contributed by atoms with van der Waals surface area (Å²) in [6.07, 6.45) is 1.51. The molecule has 1 fully saturated rings. The van der Waals surface area contributed by atoms with E-state index in [0.717, 1.165) is 29.6 Å². The molecule has 1 amide bonds. The summed E-state index contributed by atoms with van der Waals surface area (Å²) in [6, 6.07) is 7.88. The first-order chi connectivity index (χ1) is 12.1. The van der Waals surface area contributed by atoms with Crippen molar-refractivity contribution in [2.75, 3.05) is 45.9 Å². The Morgan fingerprint density at radius 2 is 2.00 bits per heavy atom. The van der Waals surface area contributed by atoms with Gasteiger partial charge in [0.15, 0.2) is 0 Å². The van der Waals surface area contributed by atoms with Gasteiger partial charge in [-0.25, -0.2) is 0 Å². The van der Waals surface area contributed by atoms with Crippen LogP contribution in [0.2, 0.25) is 0 Å². The minimum absolute atomic E-state index is 0.0892. The summed E-state index contributed by atoms with van der Waals surface area (Å²) in [6.45, 7) is 6.42. The molecule has 0 aliphatic carbocycles. The van der Waals surface area contributed by atoms with Crippen LogP contribution in [0.25, 0.3) is 10.9 Å². The molecule has 6 heteroatoms. The molecule has 0 bridgehead atoms. The second kappa shape index (κ2) is 7.99. The van der Waals surface area contributed by atoms with E-state index in [-0.39, 0.29) is 5.91 Å². The van der Waals surface area contributed by atoms with Gasteiger partial charge < -0.3 is 19.3 Å². The molecule has 136 valence electrons. The molecule has 1 atom stereocenters. The van der Waals surface area contributed by atoms with E-state index in [1.165, 1.54) is 0 Å². The van der Waals surface area contributed by atoms with E-state index in [9.17, 15) is 9.90 Å². The third kappa shape index (κ3) is 4.03. The van der Waals surface area contributed by atoms with Gasteiger partial charge in [0.1, 0.15) is 0 Å². The predicted molar refractivity (Wildman–Crippen MR) is 97.8 cm³/mol. The number of amides is 1. The number of benzene rings is 1. The van der Waals surface area contributed by atoms with Crippen LogP contribution in [0, 0.1) is 0 Å². The lowest BCUT2D eigenvalue weighted by Gasteiger charge is -2.35. The van der Waals surface area contributed by atoms with Gasteiger partial charge in [-0.3, -0.25) is 9.69 Å². The summed E-state index contributed by atoms with van der Waals surface area (Å²) in [7, 11) is 1.99. The highest BCUT2D eigenvalue weighted by molar-refractivity contribution is 6.06. The van der Waals surface area contributed by atoms with Crippen molar-refractivity contribution in [1.82, 2.24) is 14.4 Å². The van der Waals surface area contributed by atoms with Crippen molar-refractivity contribution in [1.29, 1.82) is 0 Å². The molecule has 1 N–H and O–H groups in total. The van der Waals surface area contributed by atoms with E-state index in [1.807, 2.05) is 53.9 Å². The monoisotopic (exact) mass is 345 g/mol. The Bertz CT molecular complexity index is 720. The number of aliphatic hydroxyl groups excluding tert-OH is 1. The predicted octanol–water partition coefficient (Wildman–Crippen LogP) is 1.33. The maximum atomic E-state index is 12.9. The zero-order valence-corrected chi connectivity index (χ0v) is 15.0. The second-order valence-corrected chi connectivity index (χ2v) is 6.57. The Kier molecular flexibility index (Phi) is 5.73. The first kappa shape index (κ1) is 17.9. The number of aryl methyl sites for hydroxylation is 1. The van der Waals surface area contributed by atoms with Gasteiger partial charge >= 0.3 is 0 Å². The first-order valence-corrected chi connectivity index (χ1v) is 8.91. The Morgan fingerprint density at radius 1 is 1.24 bits per heavy atom. The summed E-state index contributed by atoms with van der Waals surface area (Å²) < 4.78 is 7.29. The number of nitrogens with zero attached hydrogens (tertiary/aromatic N) is 3. The molecule has 6 nitrogen and oxygen atoms in total. The van der Waals surface area contributed by atoms with Crippen LogP contribution in [0.5, 0.6) is 0 Å². The number of fused-ring (bicyclic) bond motifs is 1.